The van der Waals surface area contributed by atoms with Gasteiger partial charge in [-0.3, -0.25) is 0 Å². The Hall–Kier alpha value is -1.65. The maximum absolute atomic E-state index is 13.8. The molecule has 0 unspecified atom stereocenters. The second-order valence-corrected chi connectivity index (χ2v) is 8.55. The smallest absolute Gasteiger partial charge is 0.281 e. The van der Waals surface area contributed by atoms with Gasteiger partial charge in [-0.05, 0) is 12.1 Å². The molecule has 0 bridgehead atoms. The van der Waals surface area contributed by atoms with Crippen molar-refractivity contribution in [2.75, 3.05) is 6.26 Å². The molecule has 1 aromatic heterocycles. The Bertz CT molecular complexity index is 921. The van der Waals surface area contributed by atoms with E-state index in [1.165, 1.54) is 0 Å². The van der Waals surface area contributed by atoms with Gasteiger partial charge in [0.25, 0.3) is 5.92 Å². The molecule has 24 heavy (non-hydrogen) atoms. The van der Waals surface area contributed by atoms with Crippen LogP contribution in [-0.4, -0.2) is 25.7 Å². The maximum atomic E-state index is 13.8. The van der Waals surface area contributed by atoms with Crippen LogP contribution in [0, 0.1) is 11.6 Å². The Morgan fingerprint density at radius 1 is 1.29 bits per heavy atom. The fourth-order valence-electron chi connectivity index (χ4n) is 2.43. The molecule has 0 fully saturated rings. The summed E-state index contributed by atoms with van der Waals surface area (Å²) in [6.07, 6.45) is -2.35. The Morgan fingerprint density at radius 3 is 2.54 bits per heavy atom. The number of alkyl halides is 2. The average Bonchev–Trinajstić information content (AvgIpc) is 2.90. The van der Waals surface area contributed by atoms with Crippen LogP contribution in [0.1, 0.15) is 17.2 Å². The molecule has 2 aromatic rings. The van der Waals surface area contributed by atoms with Crippen molar-refractivity contribution in [3.8, 4) is 10.8 Å². The van der Waals surface area contributed by atoms with Gasteiger partial charge in [-0.25, -0.2) is 26.0 Å². The molecule has 1 aromatic carbocycles. The number of hydrogen-bond acceptors (Lipinski definition) is 5. The largest absolute Gasteiger partial charge is 0.446 e. The van der Waals surface area contributed by atoms with Crippen LogP contribution in [0.3, 0.4) is 0 Å². The van der Waals surface area contributed by atoms with Crippen molar-refractivity contribution < 1.29 is 35.8 Å². The molecule has 0 amide bonds. The van der Waals surface area contributed by atoms with E-state index in [1.807, 2.05) is 0 Å². The minimum Gasteiger partial charge on any atom is -0.446 e. The van der Waals surface area contributed by atoms with E-state index in [4.69, 9.17) is 4.74 Å². The lowest BCUT2D eigenvalue weighted by Crippen LogP contribution is -2.22. The van der Waals surface area contributed by atoms with Crippen molar-refractivity contribution in [1.82, 2.24) is 0 Å². The molecule has 0 spiro atoms. The molecule has 0 radical (unpaired) electrons. The molecule has 1 aliphatic carbocycles. The third-order valence-electron chi connectivity index (χ3n) is 3.50. The molecule has 1 N–H and O–H groups in total. The minimum atomic E-state index is -3.89. The quantitative estimate of drug-likeness (QED) is 0.826. The third-order valence-corrected chi connectivity index (χ3v) is 6.47. The number of halogens is 4. The summed E-state index contributed by atoms with van der Waals surface area (Å²) in [6, 6.07) is 2.58. The van der Waals surface area contributed by atoms with Crippen molar-refractivity contribution in [2.24, 2.45) is 0 Å². The lowest BCUT2D eigenvalue weighted by atomic mass is 10.2. The van der Waals surface area contributed by atoms with E-state index in [0.717, 1.165) is 18.4 Å². The number of thiophene rings is 1. The topological polar surface area (TPSA) is 63.6 Å². The molecule has 0 aliphatic heterocycles. The summed E-state index contributed by atoms with van der Waals surface area (Å²) in [5, 5.41) is 9.54. The molecule has 130 valence electrons. The molecule has 0 saturated heterocycles. The van der Waals surface area contributed by atoms with Gasteiger partial charge in [0.2, 0.25) is 0 Å². The number of sulfone groups is 1. The number of rotatable bonds is 3. The number of aliphatic hydroxyl groups excluding tert-OH is 1. The number of fused-ring (bicyclic) bond motifs is 1. The van der Waals surface area contributed by atoms with Crippen LogP contribution in [0.4, 0.5) is 17.6 Å². The summed E-state index contributed by atoms with van der Waals surface area (Å²) in [4.78, 5) is 0. The molecule has 3 rings (SSSR count). The third kappa shape index (κ3) is 2.78. The van der Waals surface area contributed by atoms with Crippen LogP contribution < -0.4 is 4.74 Å². The first-order chi connectivity index (χ1) is 11.0. The Morgan fingerprint density at radius 2 is 1.96 bits per heavy atom. The molecule has 0 saturated carbocycles. The highest BCUT2D eigenvalue weighted by atomic mass is 32.2. The number of hydrogen-bond donors (Lipinski definition) is 1. The summed E-state index contributed by atoms with van der Waals surface area (Å²) in [5.41, 5.74) is -0.548. The highest BCUT2D eigenvalue weighted by Crippen LogP contribution is 2.54. The number of aliphatic hydroxyl groups is 1. The standard InChI is InChI=1S/C14H10F4O4S2/c1-24(20,21)13-10-7(5-14(17,18)11(10)19)12(23-13)22-6-2-3-8(15)9(16)4-6/h2-4,11,19H,5H2,1H3/t11-/m0/s1. The predicted molar refractivity (Wildman–Crippen MR) is 77.5 cm³/mol. The van der Waals surface area contributed by atoms with Gasteiger partial charge in [0.15, 0.2) is 26.5 Å². The van der Waals surface area contributed by atoms with Gasteiger partial charge >= 0.3 is 0 Å². The van der Waals surface area contributed by atoms with Gasteiger partial charge < -0.3 is 9.84 Å². The van der Waals surface area contributed by atoms with Gasteiger partial charge in [0.1, 0.15) is 16.1 Å². The zero-order valence-electron chi connectivity index (χ0n) is 12.0. The highest BCUT2D eigenvalue weighted by Gasteiger charge is 2.52. The van der Waals surface area contributed by atoms with E-state index in [0.29, 0.717) is 17.4 Å². The monoisotopic (exact) mass is 382 g/mol. The van der Waals surface area contributed by atoms with Crippen LogP contribution >= 0.6 is 11.3 Å². The lowest BCUT2D eigenvalue weighted by molar-refractivity contribution is -0.0976. The Labute approximate surface area is 138 Å². The van der Waals surface area contributed by atoms with E-state index in [9.17, 15) is 31.1 Å². The summed E-state index contributed by atoms with van der Waals surface area (Å²) in [6.45, 7) is 0. The van der Waals surface area contributed by atoms with E-state index in [-0.39, 0.29) is 16.4 Å². The number of benzene rings is 1. The van der Waals surface area contributed by atoms with E-state index in [2.05, 4.69) is 0 Å². The van der Waals surface area contributed by atoms with Gasteiger partial charge in [-0.15, -0.1) is 0 Å². The van der Waals surface area contributed by atoms with E-state index >= 15 is 0 Å². The average molecular weight is 382 g/mol. The summed E-state index contributed by atoms with van der Waals surface area (Å²) in [7, 11) is -3.89. The normalized spacial score (nSPS) is 19.3. The zero-order chi connectivity index (χ0) is 17.9. The van der Waals surface area contributed by atoms with Crippen LogP contribution in [0.15, 0.2) is 22.4 Å². The number of ether oxygens (including phenoxy) is 1. The van der Waals surface area contributed by atoms with E-state index < -0.39 is 49.7 Å². The molecule has 10 heteroatoms. The SMILES string of the molecule is CS(=O)(=O)c1sc(Oc2ccc(F)c(F)c2)c2c1[C@H](O)C(F)(F)C2. The lowest BCUT2D eigenvalue weighted by Gasteiger charge is -2.14. The first kappa shape index (κ1) is 17.2. The van der Waals surface area contributed by atoms with Crippen molar-refractivity contribution in [2.45, 2.75) is 22.7 Å². The molecule has 1 atom stereocenters. The van der Waals surface area contributed by atoms with Crippen LogP contribution in [0.2, 0.25) is 0 Å². The van der Waals surface area contributed by atoms with Crippen LogP contribution in [0.25, 0.3) is 0 Å². The summed E-state index contributed by atoms with van der Waals surface area (Å²) >= 11 is 0.559. The second kappa shape index (κ2) is 5.43. The van der Waals surface area contributed by atoms with Crippen molar-refractivity contribution in [1.29, 1.82) is 0 Å². The molecule has 1 heterocycles. The molecule has 1 aliphatic rings. The van der Waals surface area contributed by atoms with Crippen molar-refractivity contribution in [3.05, 3.63) is 41.0 Å². The van der Waals surface area contributed by atoms with Crippen LogP contribution in [0.5, 0.6) is 10.8 Å². The first-order valence-electron chi connectivity index (χ1n) is 6.55. The molecule has 4 nitrogen and oxygen atoms in total. The van der Waals surface area contributed by atoms with Gasteiger partial charge in [-0.1, -0.05) is 11.3 Å². The predicted octanol–water partition coefficient (Wildman–Crippen LogP) is 3.45. The molecular weight excluding hydrogens is 372 g/mol. The second-order valence-electron chi connectivity index (χ2n) is 5.36. The first-order valence-corrected chi connectivity index (χ1v) is 9.26. The minimum absolute atomic E-state index is 0.150. The van der Waals surface area contributed by atoms with Gasteiger partial charge in [-0.2, -0.15) is 0 Å². The maximum Gasteiger partial charge on any atom is 0.281 e. The van der Waals surface area contributed by atoms with Gasteiger partial charge in [0, 0.05) is 29.9 Å². The fourth-order valence-corrected chi connectivity index (χ4v) is 4.85. The summed E-state index contributed by atoms with van der Waals surface area (Å²) in [5.74, 6) is -6.03. The fraction of sp³-hybridized carbons (Fsp3) is 0.286. The summed E-state index contributed by atoms with van der Waals surface area (Å²) < 4.78 is 82.1. The van der Waals surface area contributed by atoms with E-state index in [1.54, 1.807) is 0 Å². The Balaban J connectivity index is 2.10. The Kier molecular flexibility index (Phi) is 3.89. The van der Waals surface area contributed by atoms with Crippen molar-refractivity contribution in [3.63, 3.8) is 0 Å². The van der Waals surface area contributed by atoms with Crippen molar-refractivity contribution >= 4 is 21.2 Å². The van der Waals surface area contributed by atoms with Gasteiger partial charge in [0.05, 0.1) is 0 Å². The highest BCUT2D eigenvalue weighted by molar-refractivity contribution is 7.92. The molecular formula is C14H10F4O4S2. The van der Waals surface area contributed by atoms with Crippen LogP contribution in [-0.2, 0) is 16.3 Å². The zero-order valence-corrected chi connectivity index (χ0v) is 13.6.